The Morgan fingerprint density at radius 3 is 2.49 bits per heavy atom. The lowest BCUT2D eigenvalue weighted by Crippen LogP contribution is -2.38. The van der Waals surface area contributed by atoms with Crippen LogP contribution in [0.1, 0.15) is 45.1 Å². The summed E-state index contributed by atoms with van der Waals surface area (Å²) >= 11 is 26.0. The van der Waals surface area contributed by atoms with Gasteiger partial charge in [0.15, 0.2) is 6.10 Å². The Morgan fingerprint density at radius 1 is 1.07 bits per heavy atom. The van der Waals surface area contributed by atoms with E-state index in [-0.39, 0.29) is 11.5 Å². The summed E-state index contributed by atoms with van der Waals surface area (Å²) < 4.78 is 6.09. The molecule has 0 radical (unpaired) electrons. The number of rotatable bonds is 7. The molecule has 4 unspecified atom stereocenters. The first-order valence-corrected chi connectivity index (χ1v) is 16.6. The van der Waals surface area contributed by atoms with Crippen molar-refractivity contribution in [2.24, 2.45) is 21.1 Å². The molecule has 2 heterocycles. The second-order valence-electron chi connectivity index (χ2n) is 12.0. The molecule has 6 rings (SSSR count). The highest BCUT2D eigenvalue weighted by Crippen LogP contribution is 2.51. The standard InChI is InChI=1S/C33H34Cl4N6O2/c1-4-42(32(44)30-33(45-30)13-5-6-20(3)17-33)23-11-12-24(35)27(16-23)38-31-28(40-39-22-9-7-19(2)8-10-22)18-43(41-31)29-25(36)14-21(34)15-26(29)37/h7-12,14-16,20,28,30H,4-6,13,17-18H2,1-3H3,(H,38,41). The first-order chi connectivity index (χ1) is 21.6. The molecular formula is C33H34Cl4N6O2. The fraction of sp³-hybridized carbons (Fsp3) is 0.394. The first kappa shape index (κ1) is 32.1. The number of nitrogens with one attached hydrogen (secondary N) is 1. The summed E-state index contributed by atoms with van der Waals surface area (Å²) in [6, 6.07) is 15.9. The van der Waals surface area contributed by atoms with E-state index in [1.165, 1.54) is 6.42 Å². The van der Waals surface area contributed by atoms with E-state index in [2.05, 4.69) is 22.6 Å². The van der Waals surface area contributed by atoms with Gasteiger partial charge in [0.25, 0.3) is 5.91 Å². The van der Waals surface area contributed by atoms with E-state index < -0.39 is 12.1 Å². The van der Waals surface area contributed by atoms with E-state index in [0.29, 0.717) is 67.7 Å². The molecule has 236 valence electrons. The molecule has 3 aromatic carbocycles. The number of carbonyl (C=O) groups excluding carboxylic acids is 1. The number of benzene rings is 3. The van der Waals surface area contributed by atoms with Crippen molar-refractivity contribution in [3.8, 4) is 0 Å². The number of aliphatic imine (C=N–C) groups is 1. The lowest BCUT2D eigenvalue weighted by atomic mass is 9.80. The van der Waals surface area contributed by atoms with Gasteiger partial charge in [-0.1, -0.05) is 83.9 Å². The molecule has 1 spiro atoms. The Labute approximate surface area is 283 Å². The summed E-state index contributed by atoms with van der Waals surface area (Å²) in [5.41, 5.74) is 6.52. The highest BCUT2D eigenvalue weighted by atomic mass is 35.5. The van der Waals surface area contributed by atoms with Crippen LogP contribution in [0.25, 0.3) is 0 Å². The Bertz CT molecular complexity index is 1640. The molecule has 3 fully saturated rings. The number of ether oxygens (including phenoxy) is 1. The molecule has 1 saturated carbocycles. The highest BCUT2D eigenvalue weighted by Gasteiger charge is 2.62. The topological polar surface area (TPSA) is 85.2 Å². The monoisotopic (exact) mass is 686 g/mol. The van der Waals surface area contributed by atoms with Crippen LogP contribution in [0.15, 0.2) is 69.8 Å². The molecule has 0 aromatic heterocycles. The van der Waals surface area contributed by atoms with Gasteiger partial charge in [0.2, 0.25) is 0 Å². The zero-order valence-corrected chi connectivity index (χ0v) is 28.3. The zero-order chi connectivity index (χ0) is 31.9. The number of likely N-dealkylation sites (N-methyl/N-ethyl adjacent to an activating group) is 1. The summed E-state index contributed by atoms with van der Waals surface area (Å²) in [5.74, 6) is 1.01. The molecule has 2 saturated heterocycles. The normalized spacial score (nSPS) is 25.3. The van der Waals surface area contributed by atoms with Crippen LogP contribution in [0.3, 0.4) is 0 Å². The van der Waals surface area contributed by atoms with Crippen molar-refractivity contribution in [1.29, 1.82) is 0 Å². The molecule has 1 aliphatic carbocycles. The summed E-state index contributed by atoms with van der Waals surface area (Å²) in [6.45, 7) is 7.02. The fourth-order valence-corrected chi connectivity index (χ4v) is 7.43. The lowest BCUT2D eigenvalue weighted by molar-refractivity contribution is -0.119. The highest BCUT2D eigenvalue weighted by molar-refractivity contribution is 6.42. The van der Waals surface area contributed by atoms with Crippen LogP contribution in [-0.4, -0.2) is 42.6 Å². The minimum Gasteiger partial charge on any atom is -0.356 e. The second-order valence-corrected chi connectivity index (χ2v) is 13.6. The van der Waals surface area contributed by atoms with Crippen molar-refractivity contribution >= 4 is 80.9 Å². The maximum atomic E-state index is 13.7. The summed E-state index contributed by atoms with van der Waals surface area (Å²) in [5, 5.41) is 12.5. The average Bonchev–Trinajstić information content (AvgIpc) is 3.53. The van der Waals surface area contributed by atoms with Crippen molar-refractivity contribution < 1.29 is 9.53 Å². The maximum absolute atomic E-state index is 13.7. The quantitative estimate of drug-likeness (QED) is 0.198. The Morgan fingerprint density at radius 2 is 1.80 bits per heavy atom. The summed E-state index contributed by atoms with van der Waals surface area (Å²) in [4.78, 5) is 20.3. The van der Waals surface area contributed by atoms with Gasteiger partial charge in [-0.25, -0.2) is 4.99 Å². The summed E-state index contributed by atoms with van der Waals surface area (Å²) in [6.07, 6.45) is 3.68. The Balaban J connectivity index is 1.31. The van der Waals surface area contributed by atoms with Crippen LogP contribution in [0.2, 0.25) is 20.1 Å². The molecule has 12 heteroatoms. The third-order valence-corrected chi connectivity index (χ3v) is 9.69. The molecule has 45 heavy (non-hydrogen) atoms. The van der Waals surface area contributed by atoms with Crippen LogP contribution in [0.5, 0.6) is 0 Å². The predicted octanol–water partition coefficient (Wildman–Crippen LogP) is 9.52. The number of anilines is 2. The van der Waals surface area contributed by atoms with Gasteiger partial charge >= 0.3 is 0 Å². The lowest BCUT2D eigenvalue weighted by Gasteiger charge is -2.26. The van der Waals surface area contributed by atoms with Crippen molar-refractivity contribution in [3.05, 3.63) is 80.3 Å². The van der Waals surface area contributed by atoms with E-state index >= 15 is 0 Å². The van der Waals surface area contributed by atoms with Crippen molar-refractivity contribution in [2.75, 3.05) is 23.0 Å². The zero-order valence-electron chi connectivity index (χ0n) is 25.2. The largest absolute Gasteiger partial charge is 0.356 e. The number of azo groups is 1. The SMILES string of the molecule is CCN(C(=O)C1OC12CCCC(C)C2)c1ccc(Cl)c(N=C2NN(c3c(Cl)cc(Cl)cc3Cl)CC2N=Nc2ccc(C)cc2)c1. The molecule has 2 aliphatic heterocycles. The Hall–Kier alpha value is -2.88. The van der Waals surface area contributed by atoms with Gasteiger partial charge in [0.05, 0.1) is 38.7 Å². The molecule has 8 nitrogen and oxygen atoms in total. The van der Waals surface area contributed by atoms with Crippen LogP contribution in [-0.2, 0) is 9.53 Å². The minimum absolute atomic E-state index is 0.0329. The van der Waals surface area contributed by atoms with Crippen molar-refractivity contribution in [1.82, 2.24) is 5.43 Å². The third kappa shape index (κ3) is 6.81. The van der Waals surface area contributed by atoms with Gasteiger partial charge in [0, 0.05) is 17.3 Å². The number of halogens is 4. The smallest absolute Gasteiger partial charge is 0.259 e. The van der Waals surface area contributed by atoms with E-state index in [9.17, 15) is 4.79 Å². The Kier molecular flexibility index (Phi) is 9.33. The molecule has 3 aliphatic rings. The molecule has 1 amide bonds. The third-order valence-electron chi connectivity index (χ3n) is 8.57. The number of carbonyl (C=O) groups is 1. The average molecular weight is 688 g/mol. The first-order valence-electron chi connectivity index (χ1n) is 15.1. The molecular weight excluding hydrogens is 654 g/mol. The maximum Gasteiger partial charge on any atom is 0.259 e. The molecule has 4 atom stereocenters. The number of epoxide rings is 1. The van der Waals surface area contributed by atoms with Crippen LogP contribution < -0.4 is 15.3 Å². The minimum atomic E-state index is -0.509. The molecule has 0 bridgehead atoms. The van der Waals surface area contributed by atoms with Crippen LogP contribution >= 0.6 is 46.4 Å². The fourth-order valence-electron chi connectivity index (χ4n) is 6.25. The second kappa shape index (κ2) is 13.1. The van der Waals surface area contributed by atoms with Crippen molar-refractivity contribution in [3.63, 3.8) is 0 Å². The van der Waals surface area contributed by atoms with Gasteiger partial charge < -0.3 is 9.64 Å². The van der Waals surface area contributed by atoms with E-state index in [4.69, 9.17) is 56.1 Å². The molecule has 3 aromatic rings. The van der Waals surface area contributed by atoms with E-state index in [0.717, 1.165) is 24.8 Å². The number of amidine groups is 1. The van der Waals surface area contributed by atoms with Crippen LogP contribution in [0.4, 0.5) is 22.7 Å². The van der Waals surface area contributed by atoms with Gasteiger partial charge in [0.1, 0.15) is 17.5 Å². The van der Waals surface area contributed by atoms with Crippen molar-refractivity contribution in [2.45, 2.75) is 64.2 Å². The van der Waals surface area contributed by atoms with Gasteiger partial charge in [-0.15, -0.1) is 0 Å². The molecule has 1 N–H and O–H groups in total. The van der Waals surface area contributed by atoms with E-state index in [1.807, 2.05) is 50.2 Å². The van der Waals surface area contributed by atoms with Crippen LogP contribution in [0, 0.1) is 12.8 Å². The van der Waals surface area contributed by atoms with E-state index in [1.54, 1.807) is 28.1 Å². The number of hydrogen-bond donors (Lipinski definition) is 1. The number of hydrogen-bond acceptors (Lipinski definition) is 6. The number of nitrogens with zero attached hydrogens (tertiary/aromatic N) is 5. The summed E-state index contributed by atoms with van der Waals surface area (Å²) in [7, 11) is 0. The van der Waals surface area contributed by atoms with Gasteiger partial charge in [-0.2, -0.15) is 10.2 Å². The van der Waals surface area contributed by atoms with Gasteiger partial charge in [-0.05, 0) is 75.1 Å². The number of amides is 1. The number of aryl methyl sites for hydroxylation is 1. The van der Waals surface area contributed by atoms with Gasteiger partial charge in [-0.3, -0.25) is 15.2 Å². The number of hydrazine groups is 1. The predicted molar refractivity (Wildman–Crippen MR) is 183 cm³/mol.